The minimum atomic E-state index is -0.469. The summed E-state index contributed by atoms with van der Waals surface area (Å²) in [5.74, 6) is 0.0577. The van der Waals surface area contributed by atoms with Crippen LogP contribution in [-0.2, 0) is 22.5 Å². The Labute approximate surface area is 194 Å². The van der Waals surface area contributed by atoms with Gasteiger partial charge < -0.3 is 19.4 Å². The van der Waals surface area contributed by atoms with Gasteiger partial charge in [0.25, 0.3) is 5.56 Å². The van der Waals surface area contributed by atoms with Gasteiger partial charge in [0.1, 0.15) is 12.4 Å². The van der Waals surface area contributed by atoms with Crippen molar-refractivity contribution in [3.05, 3.63) is 64.1 Å². The lowest BCUT2D eigenvalue weighted by atomic mass is 10.1. The molecule has 176 valence electrons. The molecule has 2 aromatic carbocycles. The monoisotopic (exact) mass is 465 g/mol. The second-order valence-electron chi connectivity index (χ2n) is 8.04. The summed E-state index contributed by atoms with van der Waals surface area (Å²) in [6.45, 7) is 3.93. The number of ether oxygens (including phenoxy) is 2. The molecule has 3 heterocycles. The number of morpholine rings is 1. The van der Waals surface area contributed by atoms with Crippen LogP contribution in [0.4, 0.5) is 4.39 Å². The maximum atomic E-state index is 14.3. The molecule has 1 saturated heterocycles. The third kappa shape index (κ3) is 4.24. The molecule has 0 spiro atoms. The number of aromatic nitrogens is 4. The number of carbonyl (C=O) groups is 1. The number of carbonyl (C=O) groups excluding carboxylic acids is 1. The van der Waals surface area contributed by atoms with Crippen LogP contribution < -0.4 is 10.3 Å². The molecule has 10 heteroatoms. The molecule has 0 bridgehead atoms. The van der Waals surface area contributed by atoms with E-state index in [1.54, 1.807) is 30.0 Å². The number of aromatic amines is 1. The number of rotatable bonds is 6. The van der Waals surface area contributed by atoms with Gasteiger partial charge in [-0.25, -0.2) is 14.1 Å². The Balaban J connectivity index is 1.50. The van der Waals surface area contributed by atoms with Crippen molar-refractivity contribution in [2.24, 2.45) is 0 Å². The quantitative estimate of drug-likeness (QED) is 0.469. The van der Waals surface area contributed by atoms with Crippen molar-refractivity contribution < 1.29 is 18.7 Å². The molecule has 1 aliphatic heterocycles. The predicted molar refractivity (Wildman–Crippen MR) is 123 cm³/mol. The Morgan fingerprint density at radius 2 is 1.97 bits per heavy atom. The maximum absolute atomic E-state index is 14.3. The molecule has 1 aliphatic rings. The summed E-state index contributed by atoms with van der Waals surface area (Å²) in [4.78, 5) is 35.2. The van der Waals surface area contributed by atoms with E-state index in [2.05, 4.69) is 15.1 Å². The summed E-state index contributed by atoms with van der Waals surface area (Å²) in [5.41, 5.74) is 1.37. The highest BCUT2D eigenvalue weighted by Gasteiger charge is 2.20. The lowest BCUT2D eigenvalue weighted by Gasteiger charge is -2.26. The standard InChI is InChI=1S/C24H24FN5O4/c1-2-34-21-12-20-19(11-17(21)25)26-22(27-20)13-18-15-5-3-4-6-16(15)24(32)30(28-18)14-23(31)29-7-9-33-10-8-29/h3-6,11-12H,2,7-10,13-14H2,1H3,(H,26,27). The van der Waals surface area contributed by atoms with Gasteiger partial charge in [0.15, 0.2) is 11.6 Å². The molecule has 9 nitrogen and oxygen atoms in total. The molecule has 34 heavy (non-hydrogen) atoms. The molecule has 0 unspecified atom stereocenters. The summed E-state index contributed by atoms with van der Waals surface area (Å²) < 4.78 is 26.1. The lowest BCUT2D eigenvalue weighted by molar-refractivity contribution is -0.136. The number of fused-ring (bicyclic) bond motifs is 2. The SMILES string of the molecule is CCOc1cc2nc(Cc3nn(CC(=O)N4CCOCC4)c(=O)c4ccccc34)[nH]c2cc1F. The van der Waals surface area contributed by atoms with E-state index in [0.29, 0.717) is 66.2 Å². The number of H-pyrrole nitrogens is 1. The Hall–Kier alpha value is -3.79. The van der Waals surface area contributed by atoms with Crippen LogP contribution >= 0.6 is 0 Å². The van der Waals surface area contributed by atoms with E-state index in [1.165, 1.54) is 10.7 Å². The molecule has 1 N–H and O–H groups in total. The molecule has 1 amide bonds. The molecular formula is C24H24FN5O4. The zero-order valence-corrected chi connectivity index (χ0v) is 18.7. The number of hydrogen-bond acceptors (Lipinski definition) is 6. The number of nitrogens with one attached hydrogen (secondary N) is 1. The van der Waals surface area contributed by atoms with Crippen LogP contribution in [0.15, 0.2) is 41.2 Å². The van der Waals surface area contributed by atoms with Crippen LogP contribution in [0.5, 0.6) is 5.75 Å². The molecule has 4 aromatic rings. The van der Waals surface area contributed by atoms with Gasteiger partial charge in [0.05, 0.1) is 48.4 Å². The highest BCUT2D eigenvalue weighted by Crippen LogP contribution is 2.25. The van der Waals surface area contributed by atoms with Crippen LogP contribution in [0.25, 0.3) is 21.8 Å². The van der Waals surface area contributed by atoms with Crippen LogP contribution in [0.1, 0.15) is 18.4 Å². The topological polar surface area (TPSA) is 102 Å². The molecule has 0 saturated carbocycles. The number of imidazole rings is 1. The van der Waals surface area contributed by atoms with E-state index >= 15 is 0 Å². The van der Waals surface area contributed by atoms with Crippen LogP contribution in [0.3, 0.4) is 0 Å². The average Bonchev–Trinajstić information content (AvgIpc) is 3.23. The van der Waals surface area contributed by atoms with Gasteiger partial charge in [-0.15, -0.1) is 0 Å². The average molecular weight is 465 g/mol. The zero-order valence-electron chi connectivity index (χ0n) is 18.7. The van der Waals surface area contributed by atoms with Crippen LogP contribution in [0.2, 0.25) is 0 Å². The van der Waals surface area contributed by atoms with Gasteiger partial charge in [-0.3, -0.25) is 9.59 Å². The third-order valence-electron chi connectivity index (χ3n) is 5.81. The molecule has 2 aromatic heterocycles. The van der Waals surface area contributed by atoms with Crippen LogP contribution in [0, 0.1) is 5.82 Å². The number of halogens is 1. The molecular weight excluding hydrogens is 441 g/mol. The van der Waals surface area contributed by atoms with E-state index in [1.807, 2.05) is 12.1 Å². The first-order valence-corrected chi connectivity index (χ1v) is 11.2. The first-order valence-electron chi connectivity index (χ1n) is 11.2. The van der Waals surface area contributed by atoms with Crippen molar-refractivity contribution in [2.45, 2.75) is 19.9 Å². The summed E-state index contributed by atoms with van der Waals surface area (Å²) >= 11 is 0. The summed E-state index contributed by atoms with van der Waals surface area (Å²) in [6, 6.07) is 10.1. The Kier molecular flexibility index (Phi) is 5.97. The molecule has 5 rings (SSSR count). The molecule has 0 atom stereocenters. The highest BCUT2D eigenvalue weighted by molar-refractivity contribution is 5.84. The smallest absolute Gasteiger partial charge is 0.275 e. The van der Waals surface area contributed by atoms with E-state index in [0.717, 1.165) is 0 Å². The molecule has 1 fully saturated rings. The second kappa shape index (κ2) is 9.22. The fourth-order valence-corrected chi connectivity index (χ4v) is 4.16. The van der Waals surface area contributed by atoms with Gasteiger partial charge in [-0.05, 0) is 13.0 Å². The maximum Gasteiger partial charge on any atom is 0.275 e. The van der Waals surface area contributed by atoms with Crippen molar-refractivity contribution in [2.75, 3.05) is 32.9 Å². The summed E-state index contributed by atoms with van der Waals surface area (Å²) in [7, 11) is 0. The lowest BCUT2D eigenvalue weighted by Crippen LogP contribution is -2.43. The van der Waals surface area contributed by atoms with E-state index < -0.39 is 5.82 Å². The van der Waals surface area contributed by atoms with Gasteiger partial charge in [0.2, 0.25) is 5.91 Å². The van der Waals surface area contributed by atoms with Crippen molar-refractivity contribution in [1.29, 1.82) is 0 Å². The number of benzene rings is 2. The summed E-state index contributed by atoms with van der Waals surface area (Å²) in [5, 5.41) is 5.69. The van der Waals surface area contributed by atoms with Crippen molar-refractivity contribution in [3.63, 3.8) is 0 Å². The van der Waals surface area contributed by atoms with Gasteiger partial charge in [0, 0.05) is 30.6 Å². The number of nitrogens with zero attached hydrogens (tertiary/aromatic N) is 4. The fraction of sp³-hybridized carbons (Fsp3) is 0.333. The van der Waals surface area contributed by atoms with Gasteiger partial charge >= 0.3 is 0 Å². The molecule has 0 radical (unpaired) electrons. The van der Waals surface area contributed by atoms with E-state index in [9.17, 15) is 14.0 Å². The second-order valence-corrected chi connectivity index (χ2v) is 8.04. The summed E-state index contributed by atoms with van der Waals surface area (Å²) in [6.07, 6.45) is 0.271. The third-order valence-corrected chi connectivity index (χ3v) is 5.81. The number of amides is 1. The highest BCUT2D eigenvalue weighted by atomic mass is 19.1. The number of hydrogen-bond donors (Lipinski definition) is 1. The Morgan fingerprint density at radius 3 is 2.74 bits per heavy atom. The normalized spacial score (nSPS) is 14.1. The molecule has 0 aliphatic carbocycles. The van der Waals surface area contributed by atoms with E-state index in [4.69, 9.17) is 9.47 Å². The largest absolute Gasteiger partial charge is 0.491 e. The first kappa shape index (κ1) is 22.0. The van der Waals surface area contributed by atoms with Crippen molar-refractivity contribution >= 4 is 27.7 Å². The fourth-order valence-electron chi connectivity index (χ4n) is 4.16. The van der Waals surface area contributed by atoms with Gasteiger partial charge in [-0.2, -0.15) is 5.10 Å². The minimum Gasteiger partial charge on any atom is -0.491 e. The van der Waals surface area contributed by atoms with E-state index in [-0.39, 0.29) is 30.2 Å². The van der Waals surface area contributed by atoms with Gasteiger partial charge in [-0.1, -0.05) is 18.2 Å². The zero-order chi connectivity index (χ0) is 23.7. The first-order chi connectivity index (χ1) is 16.5. The Bertz CT molecular complexity index is 1420. The van der Waals surface area contributed by atoms with Crippen molar-refractivity contribution in [1.82, 2.24) is 24.6 Å². The van der Waals surface area contributed by atoms with Crippen molar-refractivity contribution in [3.8, 4) is 5.75 Å². The predicted octanol–water partition coefficient (Wildman–Crippen LogP) is 2.26. The minimum absolute atomic E-state index is 0.145. The van der Waals surface area contributed by atoms with Crippen LogP contribution in [-0.4, -0.2) is 63.5 Å². The Morgan fingerprint density at radius 1 is 1.21 bits per heavy atom.